The van der Waals surface area contributed by atoms with Gasteiger partial charge in [0.05, 0.1) is 15.2 Å². The molecule has 0 bridgehead atoms. The molecule has 0 saturated carbocycles. The molecule has 0 spiro atoms. The molecule has 1 saturated heterocycles. The number of hydrogen-bond acceptors (Lipinski definition) is 4. The fourth-order valence-corrected chi connectivity index (χ4v) is 4.81. The van der Waals surface area contributed by atoms with Gasteiger partial charge in [-0.05, 0) is 58.2 Å². The van der Waals surface area contributed by atoms with Crippen LogP contribution in [0.25, 0.3) is 0 Å². The Bertz CT molecular complexity index is 570. The highest BCUT2D eigenvalue weighted by molar-refractivity contribution is 9.13. The molecule has 2 heterocycles. The number of carbonyl (C=O) groups excluding carboxylic acids is 2. The Hall–Kier alpha value is -0.440. The second-order valence-corrected chi connectivity index (χ2v) is 8.94. The SMILES string of the molecule is CCN(CC)C(=O)CN1CCCN(C(=O)c2cc(Br)c(Br)s2)CC1. The first-order valence-corrected chi connectivity index (χ1v) is 10.6. The quantitative estimate of drug-likeness (QED) is 0.649. The second-order valence-electron chi connectivity index (χ2n) is 5.72. The van der Waals surface area contributed by atoms with Crippen molar-refractivity contribution in [1.29, 1.82) is 0 Å². The summed E-state index contributed by atoms with van der Waals surface area (Å²) in [5.41, 5.74) is 0. The molecule has 8 heteroatoms. The zero-order valence-corrected chi connectivity index (χ0v) is 18.0. The third-order valence-electron chi connectivity index (χ3n) is 4.21. The van der Waals surface area contributed by atoms with Crippen LogP contribution in [0.15, 0.2) is 14.3 Å². The minimum atomic E-state index is 0.0725. The van der Waals surface area contributed by atoms with Crippen molar-refractivity contribution in [2.24, 2.45) is 0 Å². The zero-order valence-electron chi connectivity index (χ0n) is 14.1. The maximum Gasteiger partial charge on any atom is 0.264 e. The number of nitrogens with zero attached hydrogens (tertiary/aromatic N) is 3. The topological polar surface area (TPSA) is 43.9 Å². The smallest absolute Gasteiger partial charge is 0.264 e. The van der Waals surface area contributed by atoms with E-state index in [1.54, 1.807) is 0 Å². The minimum absolute atomic E-state index is 0.0725. The number of amides is 2. The summed E-state index contributed by atoms with van der Waals surface area (Å²) in [4.78, 5) is 31.6. The molecule has 2 amide bonds. The van der Waals surface area contributed by atoms with E-state index < -0.39 is 0 Å². The maximum absolute atomic E-state index is 12.6. The highest BCUT2D eigenvalue weighted by atomic mass is 79.9. The summed E-state index contributed by atoms with van der Waals surface area (Å²) < 4.78 is 1.85. The van der Waals surface area contributed by atoms with Gasteiger partial charge in [0.2, 0.25) is 5.91 Å². The van der Waals surface area contributed by atoms with E-state index in [1.807, 2.05) is 29.7 Å². The van der Waals surface area contributed by atoms with Crippen molar-refractivity contribution in [3.63, 3.8) is 0 Å². The number of halogens is 2. The van der Waals surface area contributed by atoms with Gasteiger partial charge in [-0.25, -0.2) is 0 Å². The molecule has 1 aliphatic rings. The Morgan fingerprint density at radius 1 is 1.17 bits per heavy atom. The van der Waals surface area contributed by atoms with Gasteiger partial charge in [0.25, 0.3) is 5.91 Å². The van der Waals surface area contributed by atoms with Crippen LogP contribution in [0, 0.1) is 0 Å². The first-order valence-electron chi connectivity index (χ1n) is 8.20. The van der Waals surface area contributed by atoms with Crippen molar-refractivity contribution >= 4 is 55.0 Å². The highest BCUT2D eigenvalue weighted by Gasteiger charge is 2.24. The van der Waals surface area contributed by atoms with E-state index >= 15 is 0 Å². The summed E-state index contributed by atoms with van der Waals surface area (Å²) in [7, 11) is 0. The van der Waals surface area contributed by atoms with E-state index in [2.05, 4.69) is 36.8 Å². The van der Waals surface area contributed by atoms with Crippen LogP contribution in [0.2, 0.25) is 0 Å². The number of likely N-dealkylation sites (N-methyl/N-ethyl adjacent to an activating group) is 1. The van der Waals surface area contributed by atoms with Crippen molar-refractivity contribution in [2.75, 3.05) is 45.8 Å². The van der Waals surface area contributed by atoms with E-state index in [0.29, 0.717) is 13.1 Å². The maximum atomic E-state index is 12.6. The Morgan fingerprint density at radius 3 is 2.46 bits per heavy atom. The van der Waals surface area contributed by atoms with E-state index in [9.17, 15) is 9.59 Å². The third-order valence-corrected chi connectivity index (χ3v) is 7.45. The summed E-state index contributed by atoms with van der Waals surface area (Å²) in [6, 6.07) is 1.86. The molecule has 0 N–H and O–H groups in total. The molecule has 1 aliphatic heterocycles. The predicted octanol–water partition coefficient (Wildman–Crippen LogP) is 3.29. The second kappa shape index (κ2) is 9.31. The first-order chi connectivity index (χ1) is 11.5. The van der Waals surface area contributed by atoms with Crippen molar-refractivity contribution in [3.05, 3.63) is 19.2 Å². The van der Waals surface area contributed by atoms with Crippen molar-refractivity contribution in [2.45, 2.75) is 20.3 Å². The fourth-order valence-electron chi connectivity index (χ4n) is 2.81. The fraction of sp³-hybridized carbons (Fsp3) is 0.625. The average Bonchev–Trinajstić information content (AvgIpc) is 2.76. The van der Waals surface area contributed by atoms with Gasteiger partial charge in [-0.2, -0.15) is 0 Å². The number of thiophene rings is 1. The van der Waals surface area contributed by atoms with Crippen LogP contribution in [0.1, 0.15) is 29.9 Å². The molecule has 5 nitrogen and oxygen atoms in total. The normalized spacial score (nSPS) is 16.1. The molecule has 1 fully saturated rings. The molecule has 0 atom stereocenters. The molecule has 1 aromatic rings. The van der Waals surface area contributed by atoms with E-state index in [0.717, 1.165) is 52.3 Å². The molecule has 0 unspecified atom stereocenters. The van der Waals surface area contributed by atoms with Crippen LogP contribution in [0.5, 0.6) is 0 Å². The van der Waals surface area contributed by atoms with Crippen LogP contribution in [0.3, 0.4) is 0 Å². The molecular formula is C16H23Br2N3O2S. The largest absolute Gasteiger partial charge is 0.342 e. The van der Waals surface area contributed by atoms with Crippen LogP contribution in [-0.4, -0.2) is 72.3 Å². The van der Waals surface area contributed by atoms with Gasteiger partial charge in [0.1, 0.15) is 0 Å². The molecule has 0 aliphatic carbocycles. The lowest BCUT2D eigenvalue weighted by Gasteiger charge is -2.25. The van der Waals surface area contributed by atoms with Gasteiger partial charge < -0.3 is 9.80 Å². The monoisotopic (exact) mass is 479 g/mol. The highest BCUT2D eigenvalue weighted by Crippen LogP contribution is 2.33. The van der Waals surface area contributed by atoms with Gasteiger partial charge in [0.15, 0.2) is 0 Å². The molecule has 24 heavy (non-hydrogen) atoms. The Kier molecular flexibility index (Phi) is 7.71. The van der Waals surface area contributed by atoms with E-state index in [1.165, 1.54) is 11.3 Å². The first kappa shape index (κ1) is 19.9. The number of carbonyl (C=O) groups is 2. The minimum Gasteiger partial charge on any atom is -0.342 e. The predicted molar refractivity (Wildman–Crippen MR) is 105 cm³/mol. The lowest BCUT2D eigenvalue weighted by molar-refractivity contribution is -0.132. The van der Waals surface area contributed by atoms with Gasteiger partial charge in [0, 0.05) is 43.7 Å². The van der Waals surface area contributed by atoms with Gasteiger partial charge in [-0.15, -0.1) is 11.3 Å². The van der Waals surface area contributed by atoms with Crippen LogP contribution < -0.4 is 0 Å². The number of rotatable bonds is 5. The summed E-state index contributed by atoms with van der Waals surface area (Å²) >= 11 is 8.32. The van der Waals surface area contributed by atoms with Crippen LogP contribution in [0.4, 0.5) is 0 Å². The van der Waals surface area contributed by atoms with Crippen molar-refractivity contribution < 1.29 is 9.59 Å². The third kappa shape index (κ3) is 5.03. The molecular weight excluding hydrogens is 458 g/mol. The summed E-state index contributed by atoms with van der Waals surface area (Å²) in [5.74, 6) is 0.245. The van der Waals surface area contributed by atoms with E-state index in [-0.39, 0.29) is 11.8 Å². The van der Waals surface area contributed by atoms with Crippen LogP contribution in [-0.2, 0) is 4.79 Å². The summed E-state index contributed by atoms with van der Waals surface area (Å²) in [6.07, 6.45) is 0.894. The summed E-state index contributed by atoms with van der Waals surface area (Å²) in [6.45, 7) is 8.94. The zero-order chi connectivity index (χ0) is 17.7. The Morgan fingerprint density at radius 2 is 1.88 bits per heavy atom. The average molecular weight is 481 g/mol. The standard InChI is InChI=1S/C16H23Br2N3O2S/c1-3-20(4-2)14(22)11-19-6-5-7-21(9-8-19)16(23)13-10-12(17)15(18)24-13/h10H,3-9,11H2,1-2H3. The lowest BCUT2D eigenvalue weighted by atomic mass is 10.3. The van der Waals surface area contributed by atoms with Gasteiger partial charge in [-0.1, -0.05) is 0 Å². The molecule has 2 rings (SSSR count). The Labute approximate surface area is 164 Å². The van der Waals surface area contributed by atoms with Gasteiger partial charge in [-0.3, -0.25) is 14.5 Å². The van der Waals surface area contributed by atoms with Crippen molar-refractivity contribution in [1.82, 2.24) is 14.7 Å². The molecule has 134 valence electrons. The van der Waals surface area contributed by atoms with E-state index in [4.69, 9.17) is 0 Å². The van der Waals surface area contributed by atoms with Crippen LogP contribution >= 0.6 is 43.2 Å². The summed E-state index contributed by atoms with van der Waals surface area (Å²) in [5, 5.41) is 0. The Balaban J connectivity index is 1.92. The van der Waals surface area contributed by atoms with Gasteiger partial charge >= 0.3 is 0 Å². The molecule has 0 radical (unpaired) electrons. The number of hydrogen-bond donors (Lipinski definition) is 0. The molecule has 0 aromatic carbocycles. The van der Waals surface area contributed by atoms with Crippen molar-refractivity contribution in [3.8, 4) is 0 Å². The molecule has 1 aromatic heterocycles. The lowest BCUT2D eigenvalue weighted by Crippen LogP contribution is -2.42.